The number of amides is 1. The van der Waals surface area contributed by atoms with Crippen molar-refractivity contribution in [2.75, 3.05) is 18.5 Å². The van der Waals surface area contributed by atoms with Crippen LogP contribution in [0.5, 0.6) is 0 Å². The number of ether oxygens (including phenoxy) is 1. The highest BCUT2D eigenvalue weighted by Gasteiger charge is 2.22. The molecule has 0 bridgehead atoms. The number of carbonyl (C=O) groups excluding carboxylic acids is 1. The van der Waals surface area contributed by atoms with Crippen LogP contribution < -0.4 is 5.32 Å². The van der Waals surface area contributed by atoms with Crippen LogP contribution in [-0.4, -0.2) is 19.1 Å². The second-order valence-corrected chi connectivity index (χ2v) is 5.24. The van der Waals surface area contributed by atoms with Gasteiger partial charge in [-0.05, 0) is 40.9 Å². The van der Waals surface area contributed by atoms with E-state index in [1.165, 1.54) is 0 Å². The molecule has 1 aliphatic rings. The maximum atomic E-state index is 12.0. The van der Waals surface area contributed by atoms with Gasteiger partial charge in [-0.25, -0.2) is 0 Å². The van der Waals surface area contributed by atoms with Crippen LogP contribution >= 0.6 is 27.5 Å². The van der Waals surface area contributed by atoms with Gasteiger partial charge in [0.2, 0.25) is 5.91 Å². The summed E-state index contributed by atoms with van der Waals surface area (Å²) in [6.45, 7) is 1.25. The molecular formula is C12H13BrClNO2. The van der Waals surface area contributed by atoms with Gasteiger partial charge in [0, 0.05) is 11.1 Å². The average molecular weight is 319 g/mol. The molecule has 3 nitrogen and oxygen atoms in total. The summed E-state index contributed by atoms with van der Waals surface area (Å²) in [6.07, 6.45) is 1.81. The minimum Gasteiger partial charge on any atom is -0.381 e. The highest BCUT2D eigenvalue weighted by molar-refractivity contribution is 9.10. The molecule has 0 saturated carbocycles. The van der Waals surface area contributed by atoms with Gasteiger partial charge < -0.3 is 10.1 Å². The molecule has 1 aromatic carbocycles. The van der Waals surface area contributed by atoms with E-state index in [4.69, 9.17) is 16.3 Å². The Kier molecular flexibility index (Phi) is 4.42. The predicted molar refractivity (Wildman–Crippen MR) is 71.3 cm³/mol. The highest BCUT2D eigenvalue weighted by atomic mass is 79.9. The van der Waals surface area contributed by atoms with Crippen LogP contribution in [0.25, 0.3) is 0 Å². The number of anilines is 1. The maximum Gasteiger partial charge on any atom is 0.229 e. The van der Waals surface area contributed by atoms with Gasteiger partial charge in [-0.15, -0.1) is 0 Å². The van der Waals surface area contributed by atoms with E-state index in [0.29, 0.717) is 17.3 Å². The van der Waals surface area contributed by atoms with E-state index in [2.05, 4.69) is 21.2 Å². The van der Waals surface area contributed by atoms with Crippen molar-refractivity contribution < 1.29 is 9.53 Å². The summed E-state index contributed by atoms with van der Waals surface area (Å²) in [5.41, 5.74) is 0.636. The van der Waals surface area contributed by atoms with Gasteiger partial charge in [-0.3, -0.25) is 4.79 Å². The van der Waals surface area contributed by atoms with Crippen molar-refractivity contribution in [3.05, 3.63) is 27.7 Å². The minimum absolute atomic E-state index is 0.0234. The number of nitrogens with one attached hydrogen (secondary N) is 1. The summed E-state index contributed by atoms with van der Waals surface area (Å²) in [7, 11) is 0. The summed E-state index contributed by atoms with van der Waals surface area (Å²) in [5.74, 6) is -0.0940. The molecule has 1 aliphatic heterocycles. The predicted octanol–water partition coefficient (Wildman–Crippen LogP) is 3.47. The van der Waals surface area contributed by atoms with Gasteiger partial charge in [-0.2, -0.15) is 0 Å². The number of rotatable bonds is 2. The third-order valence-electron chi connectivity index (χ3n) is 2.74. The van der Waals surface area contributed by atoms with Crippen LogP contribution in [0.2, 0.25) is 5.02 Å². The average Bonchev–Trinajstić information content (AvgIpc) is 2.36. The van der Waals surface area contributed by atoms with Crippen LogP contribution in [0.3, 0.4) is 0 Å². The molecule has 1 heterocycles. The number of hydrogen-bond acceptors (Lipinski definition) is 2. The van der Waals surface area contributed by atoms with E-state index in [0.717, 1.165) is 23.9 Å². The van der Waals surface area contributed by atoms with Gasteiger partial charge in [0.1, 0.15) is 0 Å². The first kappa shape index (κ1) is 12.9. The molecule has 0 unspecified atom stereocenters. The van der Waals surface area contributed by atoms with Crippen molar-refractivity contribution in [1.82, 2.24) is 0 Å². The van der Waals surface area contributed by atoms with Crippen molar-refractivity contribution in [1.29, 1.82) is 0 Å². The molecular weight excluding hydrogens is 305 g/mol. The van der Waals surface area contributed by atoms with E-state index >= 15 is 0 Å². The molecule has 2 rings (SSSR count). The summed E-state index contributed by atoms with van der Waals surface area (Å²) < 4.78 is 6.07. The number of halogens is 2. The number of carbonyl (C=O) groups is 1. The van der Waals surface area contributed by atoms with Crippen LogP contribution in [0.15, 0.2) is 22.7 Å². The first-order valence-corrected chi connectivity index (χ1v) is 6.68. The van der Waals surface area contributed by atoms with Gasteiger partial charge in [0.05, 0.1) is 23.2 Å². The van der Waals surface area contributed by atoms with E-state index in [-0.39, 0.29) is 11.8 Å². The molecule has 0 aromatic heterocycles. The quantitative estimate of drug-likeness (QED) is 0.907. The van der Waals surface area contributed by atoms with Crippen LogP contribution in [0.1, 0.15) is 12.8 Å². The lowest BCUT2D eigenvalue weighted by Gasteiger charge is -2.21. The molecule has 17 heavy (non-hydrogen) atoms. The van der Waals surface area contributed by atoms with Gasteiger partial charge in [-0.1, -0.05) is 17.7 Å². The lowest BCUT2D eigenvalue weighted by Crippen LogP contribution is -2.30. The Morgan fingerprint density at radius 3 is 3.06 bits per heavy atom. The van der Waals surface area contributed by atoms with Crippen molar-refractivity contribution in [3.8, 4) is 0 Å². The van der Waals surface area contributed by atoms with Crippen molar-refractivity contribution in [2.45, 2.75) is 12.8 Å². The molecule has 1 saturated heterocycles. The minimum atomic E-state index is -0.0706. The van der Waals surface area contributed by atoms with Crippen molar-refractivity contribution in [3.63, 3.8) is 0 Å². The van der Waals surface area contributed by atoms with E-state index in [1.807, 2.05) is 12.1 Å². The summed E-state index contributed by atoms with van der Waals surface area (Å²) in [4.78, 5) is 12.0. The van der Waals surface area contributed by atoms with Gasteiger partial charge in [0.15, 0.2) is 0 Å². The molecule has 1 amide bonds. The zero-order valence-corrected chi connectivity index (χ0v) is 11.6. The van der Waals surface area contributed by atoms with Gasteiger partial charge >= 0.3 is 0 Å². The van der Waals surface area contributed by atoms with Gasteiger partial charge in [0.25, 0.3) is 0 Å². The zero-order chi connectivity index (χ0) is 12.3. The number of benzene rings is 1. The molecule has 1 atom stereocenters. The third kappa shape index (κ3) is 3.21. The first-order chi connectivity index (χ1) is 8.18. The first-order valence-electron chi connectivity index (χ1n) is 5.51. The Morgan fingerprint density at radius 1 is 1.53 bits per heavy atom. The highest BCUT2D eigenvalue weighted by Crippen LogP contribution is 2.30. The Bertz CT molecular complexity index is 419. The Morgan fingerprint density at radius 2 is 2.35 bits per heavy atom. The normalized spacial score (nSPS) is 20.0. The van der Waals surface area contributed by atoms with E-state index < -0.39 is 0 Å². The topological polar surface area (TPSA) is 38.3 Å². The summed E-state index contributed by atoms with van der Waals surface area (Å²) in [6, 6.07) is 5.46. The third-order valence-corrected chi connectivity index (χ3v) is 4.04. The summed E-state index contributed by atoms with van der Waals surface area (Å²) >= 11 is 9.41. The smallest absolute Gasteiger partial charge is 0.229 e. The molecule has 1 N–H and O–H groups in total. The molecule has 92 valence electrons. The van der Waals surface area contributed by atoms with Crippen molar-refractivity contribution >= 4 is 39.1 Å². The zero-order valence-electron chi connectivity index (χ0n) is 9.21. The molecule has 0 radical (unpaired) electrons. The van der Waals surface area contributed by atoms with Crippen LogP contribution in [0, 0.1) is 5.92 Å². The SMILES string of the molecule is O=C(Nc1cccc(Br)c1Cl)[C@H]1CCCOC1. The van der Waals surface area contributed by atoms with Crippen molar-refractivity contribution in [2.24, 2.45) is 5.92 Å². The largest absolute Gasteiger partial charge is 0.381 e. The molecule has 1 aromatic rings. The molecule has 1 fully saturated rings. The van der Waals surface area contributed by atoms with Crippen LogP contribution in [-0.2, 0) is 9.53 Å². The fourth-order valence-corrected chi connectivity index (χ4v) is 2.32. The fraction of sp³-hybridized carbons (Fsp3) is 0.417. The van der Waals surface area contributed by atoms with Crippen LogP contribution in [0.4, 0.5) is 5.69 Å². The maximum absolute atomic E-state index is 12.0. The molecule has 5 heteroatoms. The van der Waals surface area contributed by atoms with E-state index in [9.17, 15) is 4.79 Å². The Labute approximate surface area is 114 Å². The fourth-order valence-electron chi connectivity index (χ4n) is 1.78. The molecule has 0 spiro atoms. The standard InChI is InChI=1S/C12H13BrClNO2/c13-9-4-1-5-10(11(9)14)15-12(16)8-3-2-6-17-7-8/h1,4-5,8H,2-3,6-7H2,(H,15,16)/t8-/m0/s1. The lowest BCUT2D eigenvalue weighted by molar-refractivity contribution is -0.123. The second-order valence-electron chi connectivity index (χ2n) is 4.00. The lowest BCUT2D eigenvalue weighted by atomic mass is 10.0. The monoisotopic (exact) mass is 317 g/mol. The Balaban J connectivity index is 2.04. The molecule has 0 aliphatic carbocycles. The second kappa shape index (κ2) is 5.85. The van der Waals surface area contributed by atoms with E-state index in [1.54, 1.807) is 6.07 Å². The summed E-state index contributed by atoms with van der Waals surface area (Å²) in [5, 5.41) is 3.37. The number of hydrogen-bond donors (Lipinski definition) is 1. The Hall–Kier alpha value is -0.580.